The molecule has 1 aromatic carbocycles. The molecule has 0 spiro atoms. The molecule has 0 saturated heterocycles. The number of hydrogen-bond acceptors (Lipinski definition) is 2. The molecule has 1 aromatic heterocycles. The lowest BCUT2D eigenvalue weighted by Crippen LogP contribution is -2.11. The van der Waals surface area contributed by atoms with Crippen molar-refractivity contribution in [3.8, 4) is 11.1 Å². The number of rotatable bonds is 2. The number of carbonyl (C=O) groups is 1. The molecule has 1 heterocycles. The van der Waals surface area contributed by atoms with E-state index in [1.165, 1.54) is 12.3 Å². The molecule has 0 aliphatic carbocycles. The summed E-state index contributed by atoms with van der Waals surface area (Å²) in [6.07, 6.45) is 1.19. The van der Waals surface area contributed by atoms with Crippen LogP contribution in [0.3, 0.4) is 0 Å². The van der Waals surface area contributed by atoms with Gasteiger partial charge in [0.05, 0.1) is 5.56 Å². The Kier molecular flexibility index (Phi) is 2.55. The summed E-state index contributed by atoms with van der Waals surface area (Å²) in [6.45, 7) is 0. The first-order chi connectivity index (χ1) is 7.68. The Morgan fingerprint density at radius 3 is 2.50 bits per heavy atom. The van der Waals surface area contributed by atoms with Crippen LogP contribution in [-0.4, -0.2) is 16.1 Å². The fourth-order valence-electron chi connectivity index (χ4n) is 1.44. The third-order valence-corrected chi connectivity index (χ3v) is 2.23. The second kappa shape index (κ2) is 4.02. The van der Waals surface area contributed by atoms with E-state index in [0.717, 1.165) is 0 Å². The first kappa shape index (κ1) is 10.2. The molecule has 0 atom stereocenters. The maximum Gasteiger partial charge on any atom is 0.337 e. The number of aromatic amines is 1. The SMILES string of the molecule is O=C(O)c1c[nH]c(=O)c(-c2ccccc2)c1. The highest BCUT2D eigenvalue weighted by Crippen LogP contribution is 2.15. The topological polar surface area (TPSA) is 70.2 Å². The van der Waals surface area contributed by atoms with E-state index < -0.39 is 5.97 Å². The minimum atomic E-state index is -1.06. The summed E-state index contributed by atoms with van der Waals surface area (Å²) in [5, 5.41) is 8.83. The van der Waals surface area contributed by atoms with Crippen molar-refractivity contribution in [2.24, 2.45) is 0 Å². The van der Waals surface area contributed by atoms with Crippen molar-refractivity contribution < 1.29 is 9.90 Å². The molecule has 0 saturated carbocycles. The summed E-state index contributed by atoms with van der Waals surface area (Å²) >= 11 is 0. The minimum absolute atomic E-state index is 0.0680. The molecule has 80 valence electrons. The number of benzene rings is 1. The third-order valence-electron chi connectivity index (χ3n) is 2.23. The smallest absolute Gasteiger partial charge is 0.337 e. The van der Waals surface area contributed by atoms with E-state index in [1.54, 1.807) is 24.3 Å². The van der Waals surface area contributed by atoms with Crippen LogP contribution in [0.4, 0.5) is 0 Å². The number of aromatic carboxylic acids is 1. The first-order valence-corrected chi connectivity index (χ1v) is 4.70. The van der Waals surface area contributed by atoms with Gasteiger partial charge in [-0.2, -0.15) is 0 Å². The molecule has 0 unspecified atom stereocenters. The van der Waals surface area contributed by atoms with Gasteiger partial charge in [0.1, 0.15) is 0 Å². The van der Waals surface area contributed by atoms with Crippen LogP contribution in [0.1, 0.15) is 10.4 Å². The summed E-state index contributed by atoms with van der Waals surface area (Å²) < 4.78 is 0. The second-order valence-corrected chi connectivity index (χ2v) is 3.30. The molecule has 4 heteroatoms. The molecule has 0 aliphatic rings. The Hall–Kier alpha value is -2.36. The third kappa shape index (κ3) is 1.86. The highest BCUT2D eigenvalue weighted by molar-refractivity contribution is 5.88. The lowest BCUT2D eigenvalue weighted by molar-refractivity contribution is 0.0696. The molecule has 0 radical (unpaired) electrons. The zero-order chi connectivity index (χ0) is 11.5. The highest BCUT2D eigenvalue weighted by Gasteiger charge is 2.08. The van der Waals surface area contributed by atoms with E-state index in [-0.39, 0.29) is 11.1 Å². The zero-order valence-corrected chi connectivity index (χ0v) is 8.31. The largest absolute Gasteiger partial charge is 0.478 e. The van der Waals surface area contributed by atoms with Gasteiger partial charge in [-0.05, 0) is 11.6 Å². The van der Waals surface area contributed by atoms with Crippen LogP contribution >= 0.6 is 0 Å². The van der Waals surface area contributed by atoms with Crippen LogP contribution in [0.15, 0.2) is 47.4 Å². The Balaban J connectivity index is 2.61. The zero-order valence-electron chi connectivity index (χ0n) is 8.31. The van der Waals surface area contributed by atoms with Crippen LogP contribution in [0.25, 0.3) is 11.1 Å². The quantitative estimate of drug-likeness (QED) is 0.801. The lowest BCUT2D eigenvalue weighted by Gasteiger charge is -2.01. The minimum Gasteiger partial charge on any atom is -0.478 e. The summed E-state index contributed by atoms with van der Waals surface area (Å²) in [5.41, 5.74) is 0.835. The van der Waals surface area contributed by atoms with Gasteiger partial charge in [-0.25, -0.2) is 4.79 Å². The van der Waals surface area contributed by atoms with Gasteiger partial charge < -0.3 is 10.1 Å². The highest BCUT2D eigenvalue weighted by atomic mass is 16.4. The van der Waals surface area contributed by atoms with E-state index >= 15 is 0 Å². The van der Waals surface area contributed by atoms with Crippen LogP contribution in [0.5, 0.6) is 0 Å². The Morgan fingerprint density at radius 1 is 1.19 bits per heavy atom. The van der Waals surface area contributed by atoms with Gasteiger partial charge in [0.25, 0.3) is 5.56 Å². The monoisotopic (exact) mass is 215 g/mol. The van der Waals surface area contributed by atoms with Crippen molar-refractivity contribution >= 4 is 5.97 Å². The maximum atomic E-state index is 11.5. The van der Waals surface area contributed by atoms with Gasteiger partial charge in [-0.3, -0.25) is 4.79 Å². The lowest BCUT2D eigenvalue weighted by atomic mass is 10.1. The molecule has 4 nitrogen and oxygen atoms in total. The van der Waals surface area contributed by atoms with Crippen molar-refractivity contribution in [1.82, 2.24) is 4.98 Å². The molecule has 16 heavy (non-hydrogen) atoms. The molecule has 2 N–H and O–H groups in total. The fraction of sp³-hybridized carbons (Fsp3) is 0. The van der Waals surface area contributed by atoms with Gasteiger partial charge in [0, 0.05) is 11.8 Å². The number of carboxylic acid groups (broad SMARTS) is 1. The van der Waals surface area contributed by atoms with Crippen molar-refractivity contribution in [3.63, 3.8) is 0 Å². The van der Waals surface area contributed by atoms with Crippen molar-refractivity contribution in [3.05, 3.63) is 58.5 Å². The van der Waals surface area contributed by atoms with Crippen molar-refractivity contribution in [2.75, 3.05) is 0 Å². The summed E-state index contributed by atoms with van der Waals surface area (Å²) in [5.74, 6) is -1.06. The van der Waals surface area contributed by atoms with Gasteiger partial charge in [-0.1, -0.05) is 30.3 Å². The average Bonchev–Trinajstić information content (AvgIpc) is 2.30. The Morgan fingerprint density at radius 2 is 1.88 bits per heavy atom. The fourth-order valence-corrected chi connectivity index (χ4v) is 1.44. The van der Waals surface area contributed by atoms with Gasteiger partial charge in [-0.15, -0.1) is 0 Å². The predicted molar refractivity (Wildman–Crippen MR) is 59.5 cm³/mol. The first-order valence-electron chi connectivity index (χ1n) is 4.70. The van der Waals surface area contributed by atoms with Gasteiger partial charge in [0.2, 0.25) is 0 Å². The Bertz CT molecular complexity index is 572. The van der Waals surface area contributed by atoms with Crippen molar-refractivity contribution in [2.45, 2.75) is 0 Å². The summed E-state index contributed by atoms with van der Waals surface area (Å²) in [4.78, 5) is 24.7. The molecule has 0 aliphatic heterocycles. The Labute approximate surface area is 91.2 Å². The van der Waals surface area contributed by atoms with Crippen molar-refractivity contribution in [1.29, 1.82) is 0 Å². The molecular weight excluding hydrogens is 206 g/mol. The van der Waals surface area contributed by atoms with Crippen LogP contribution in [-0.2, 0) is 0 Å². The number of nitrogens with one attached hydrogen (secondary N) is 1. The number of pyridine rings is 1. The predicted octanol–water partition coefficient (Wildman–Crippen LogP) is 1.74. The van der Waals surface area contributed by atoms with Gasteiger partial charge >= 0.3 is 5.97 Å². The molecule has 0 fully saturated rings. The van der Waals surface area contributed by atoms with Crippen LogP contribution < -0.4 is 5.56 Å². The number of aromatic nitrogens is 1. The van der Waals surface area contributed by atoms with Crippen LogP contribution in [0, 0.1) is 0 Å². The summed E-state index contributed by atoms with van der Waals surface area (Å²) in [7, 11) is 0. The van der Waals surface area contributed by atoms with Gasteiger partial charge in [0.15, 0.2) is 0 Å². The molecule has 0 amide bonds. The maximum absolute atomic E-state index is 11.5. The normalized spacial score (nSPS) is 10.0. The van der Waals surface area contributed by atoms with E-state index in [4.69, 9.17) is 5.11 Å². The molecule has 0 bridgehead atoms. The van der Waals surface area contributed by atoms with E-state index in [0.29, 0.717) is 11.1 Å². The molecule has 2 aromatic rings. The number of carboxylic acids is 1. The standard InChI is InChI=1S/C12H9NO3/c14-11-10(8-4-2-1-3-5-8)6-9(7-13-11)12(15)16/h1-7H,(H,13,14)(H,15,16). The molecular formula is C12H9NO3. The van der Waals surface area contributed by atoms with E-state index in [2.05, 4.69) is 4.98 Å². The van der Waals surface area contributed by atoms with E-state index in [1.807, 2.05) is 6.07 Å². The van der Waals surface area contributed by atoms with Crippen LogP contribution in [0.2, 0.25) is 0 Å². The summed E-state index contributed by atoms with van der Waals surface area (Å²) in [6, 6.07) is 10.3. The second-order valence-electron chi connectivity index (χ2n) is 3.30. The average molecular weight is 215 g/mol. The molecule has 2 rings (SSSR count). The number of H-pyrrole nitrogens is 1. The number of hydrogen-bond donors (Lipinski definition) is 2. The van der Waals surface area contributed by atoms with E-state index in [9.17, 15) is 9.59 Å².